The van der Waals surface area contributed by atoms with Gasteiger partial charge in [0.25, 0.3) is 10.0 Å². The van der Waals surface area contributed by atoms with Gasteiger partial charge in [0.15, 0.2) is 0 Å². The van der Waals surface area contributed by atoms with E-state index in [9.17, 15) is 8.42 Å². The second kappa shape index (κ2) is 5.34. The molecule has 8 heteroatoms. The highest BCUT2D eigenvalue weighted by Gasteiger charge is 2.22. The number of hydrogen-bond acceptors (Lipinski definition) is 4. The second-order valence-electron chi connectivity index (χ2n) is 3.55. The largest absolute Gasteiger partial charge is 0.468 e. The van der Waals surface area contributed by atoms with Crippen LogP contribution in [0.4, 0.5) is 0 Å². The molecule has 0 aliphatic rings. The molecule has 0 aliphatic carbocycles. The summed E-state index contributed by atoms with van der Waals surface area (Å²) in [4.78, 5) is 0. The summed E-state index contributed by atoms with van der Waals surface area (Å²) < 4.78 is 32.6. The minimum Gasteiger partial charge on any atom is -0.468 e. The molecule has 2 rings (SSSR count). The smallest absolute Gasteiger partial charge is 0.250 e. The van der Waals surface area contributed by atoms with Gasteiger partial charge in [-0.05, 0) is 41.1 Å². The van der Waals surface area contributed by atoms with E-state index in [1.54, 1.807) is 19.1 Å². The number of thiophene rings is 1. The van der Waals surface area contributed by atoms with E-state index in [1.165, 1.54) is 12.3 Å². The maximum atomic E-state index is 12.1. The first kappa shape index (κ1) is 14.1. The summed E-state index contributed by atoms with van der Waals surface area (Å²) in [5.41, 5.74) is 0. The van der Waals surface area contributed by atoms with Crippen molar-refractivity contribution in [2.75, 3.05) is 0 Å². The van der Waals surface area contributed by atoms with E-state index in [2.05, 4.69) is 20.7 Å². The second-order valence-corrected chi connectivity index (χ2v) is 8.26. The molecule has 0 saturated carbocycles. The molecule has 0 spiro atoms. The van der Waals surface area contributed by atoms with Crippen LogP contribution in [0, 0.1) is 0 Å². The molecule has 4 nitrogen and oxygen atoms in total. The molecule has 1 atom stereocenters. The molecule has 0 amide bonds. The Hall–Kier alpha value is -0.340. The van der Waals surface area contributed by atoms with Crippen molar-refractivity contribution in [2.45, 2.75) is 17.2 Å². The molecule has 0 radical (unpaired) electrons. The van der Waals surface area contributed by atoms with Gasteiger partial charge < -0.3 is 4.42 Å². The monoisotopic (exact) mass is 369 g/mol. The van der Waals surface area contributed by atoms with Crippen LogP contribution in [0.3, 0.4) is 0 Å². The maximum Gasteiger partial charge on any atom is 0.250 e. The average Bonchev–Trinajstić information content (AvgIpc) is 2.89. The summed E-state index contributed by atoms with van der Waals surface area (Å²) in [5, 5.41) is 0.381. The van der Waals surface area contributed by atoms with Crippen molar-refractivity contribution in [3.8, 4) is 0 Å². The minimum atomic E-state index is -3.59. The molecular weight excluding hydrogens is 362 g/mol. The van der Waals surface area contributed by atoms with Crippen LogP contribution in [0.5, 0.6) is 0 Å². The van der Waals surface area contributed by atoms with Gasteiger partial charge in [0.1, 0.15) is 9.97 Å². The SMILES string of the molecule is CC(NS(=O)(=O)c1cc(Cl)c(Br)s1)c1ccco1. The Bertz CT molecular complexity index is 617. The van der Waals surface area contributed by atoms with Crippen LogP contribution in [0.15, 0.2) is 36.9 Å². The first-order valence-electron chi connectivity index (χ1n) is 4.91. The van der Waals surface area contributed by atoms with E-state index in [0.717, 1.165) is 11.3 Å². The molecule has 18 heavy (non-hydrogen) atoms. The van der Waals surface area contributed by atoms with Crippen molar-refractivity contribution in [2.24, 2.45) is 0 Å². The third-order valence-corrected chi connectivity index (χ3v) is 6.68. The summed E-state index contributed by atoms with van der Waals surface area (Å²) in [6, 6.07) is 4.39. The van der Waals surface area contributed by atoms with E-state index >= 15 is 0 Å². The van der Waals surface area contributed by atoms with E-state index in [-0.39, 0.29) is 4.21 Å². The Morgan fingerprint density at radius 3 is 2.78 bits per heavy atom. The zero-order valence-corrected chi connectivity index (χ0v) is 13.2. The zero-order chi connectivity index (χ0) is 13.3. The third kappa shape index (κ3) is 2.97. The zero-order valence-electron chi connectivity index (χ0n) is 9.18. The van der Waals surface area contributed by atoms with E-state index in [4.69, 9.17) is 16.0 Å². The Labute approximate surface area is 122 Å². The van der Waals surface area contributed by atoms with Crippen LogP contribution in [-0.2, 0) is 10.0 Å². The number of rotatable bonds is 4. The highest BCUT2D eigenvalue weighted by molar-refractivity contribution is 9.11. The maximum absolute atomic E-state index is 12.1. The molecular formula is C10H9BrClNO3S2. The number of hydrogen-bond donors (Lipinski definition) is 1. The molecule has 2 aromatic heterocycles. The predicted octanol–water partition coefficient (Wildman–Crippen LogP) is 3.80. The Morgan fingerprint density at radius 1 is 1.56 bits per heavy atom. The molecule has 1 unspecified atom stereocenters. The molecule has 98 valence electrons. The van der Waals surface area contributed by atoms with Crippen molar-refractivity contribution in [1.82, 2.24) is 4.72 Å². The molecule has 0 fully saturated rings. The minimum absolute atomic E-state index is 0.165. The lowest BCUT2D eigenvalue weighted by atomic mass is 10.3. The molecule has 0 saturated heterocycles. The van der Waals surface area contributed by atoms with E-state index < -0.39 is 16.1 Å². The standard InChI is InChI=1S/C10H9BrClNO3S2/c1-6(8-3-2-4-16-8)13-18(14,15)9-5-7(12)10(11)17-9/h2-6,13H,1H3. The van der Waals surface area contributed by atoms with Crippen LogP contribution in [-0.4, -0.2) is 8.42 Å². The lowest BCUT2D eigenvalue weighted by molar-refractivity contribution is 0.459. The van der Waals surface area contributed by atoms with Crippen LogP contribution in [0.2, 0.25) is 5.02 Å². The fraction of sp³-hybridized carbons (Fsp3) is 0.200. The summed E-state index contributed by atoms with van der Waals surface area (Å²) in [6.07, 6.45) is 1.50. The van der Waals surface area contributed by atoms with Gasteiger partial charge in [0, 0.05) is 0 Å². The molecule has 1 N–H and O–H groups in total. The van der Waals surface area contributed by atoms with Crippen LogP contribution in [0.1, 0.15) is 18.7 Å². The van der Waals surface area contributed by atoms with Crippen molar-refractivity contribution >= 4 is 48.9 Å². The average molecular weight is 371 g/mol. The van der Waals surface area contributed by atoms with Crippen LogP contribution in [0.25, 0.3) is 0 Å². The summed E-state index contributed by atoms with van der Waals surface area (Å²) in [6.45, 7) is 1.71. The number of furan rings is 1. The number of nitrogens with one attached hydrogen (secondary N) is 1. The van der Waals surface area contributed by atoms with Crippen molar-refractivity contribution < 1.29 is 12.8 Å². The van der Waals surface area contributed by atoms with Crippen molar-refractivity contribution in [3.05, 3.63) is 39.0 Å². The van der Waals surface area contributed by atoms with Gasteiger partial charge >= 0.3 is 0 Å². The molecule has 0 bridgehead atoms. The molecule has 2 aromatic rings. The third-order valence-electron chi connectivity index (χ3n) is 2.19. The molecule has 0 aromatic carbocycles. The predicted molar refractivity (Wildman–Crippen MR) is 74.5 cm³/mol. The van der Waals surface area contributed by atoms with Gasteiger partial charge in [-0.2, -0.15) is 0 Å². The Kier molecular flexibility index (Phi) is 4.18. The fourth-order valence-electron chi connectivity index (χ4n) is 1.35. The Morgan fingerprint density at radius 2 is 2.28 bits per heavy atom. The van der Waals surface area contributed by atoms with Gasteiger partial charge in [-0.25, -0.2) is 13.1 Å². The Balaban J connectivity index is 2.22. The van der Waals surface area contributed by atoms with Gasteiger partial charge in [0.2, 0.25) is 0 Å². The van der Waals surface area contributed by atoms with Gasteiger partial charge in [-0.3, -0.25) is 0 Å². The normalized spacial score (nSPS) is 13.7. The highest BCUT2D eigenvalue weighted by Crippen LogP contribution is 2.35. The van der Waals surface area contributed by atoms with Gasteiger partial charge in [-0.1, -0.05) is 11.6 Å². The van der Waals surface area contributed by atoms with Crippen LogP contribution >= 0.6 is 38.9 Å². The molecule has 2 heterocycles. The van der Waals surface area contributed by atoms with Gasteiger partial charge in [0.05, 0.1) is 21.1 Å². The van der Waals surface area contributed by atoms with Crippen LogP contribution < -0.4 is 4.72 Å². The summed E-state index contributed by atoms with van der Waals surface area (Å²) in [7, 11) is -3.59. The lowest BCUT2D eigenvalue weighted by Gasteiger charge is -2.10. The summed E-state index contributed by atoms with van der Waals surface area (Å²) in [5.74, 6) is 0.556. The fourth-order valence-corrected chi connectivity index (χ4v) is 4.97. The summed E-state index contributed by atoms with van der Waals surface area (Å²) >= 11 is 10.1. The molecule has 0 aliphatic heterocycles. The number of sulfonamides is 1. The quantitative estimate of drug-likeness (QED) is 0.890. The topological polar surface area (TPSA) is 59.3 Å². The van der Waals surface area contributed by atoms with Crippen molar-refractivity contribution in [1.29, 1.82) is 0 Å². The number of halogens is 2. The van der Waals surface area contributed by atoms with E-state index in [0.29, 0.717) is 14.6 Å². The van der Waals surface area contributed by atoms with Crippen molar-refractivity contribution in [3.63, 3.8) is 0 Å². The van der Waals surface area contributed by atoms with E-state index in [1.807, 2.05) is 0 Å². The first-order chi connectivity index (χ1) is 8.40. The van der Waals surface area contributed by atoms with Gasteiger partial charge in [-0.15, -0.1) is 11.3 Å². The lowest BCUT2D eigenvalue weighted by Crippen LogP contribution is -2.25. The highest BCUT2D eigenvalue weighted by atomic mass is 79.9. The first-order valence-corrected chi connectivity index (χ1v) is 8.38.